The number of hydrogen-bond acceptors (Lipinski definition) is 4. The van der Waals surface area contributed by atoms with Crippen LogP contribution >= 0.6 is 11.6 Å². The Morgan fingerprint density at radius 1 is 1.23 bits per heavy atom. The van der Waals surface area contributed by atoms with Gasteiger partial charge in [-0.15, -0.1) is 0 Å². The lowest BCUT2D eigenvalue weighted by Gasteiger charge is -2.24. The van der Waals surface area contributed by atoms with E-state index in [2.05, 4.69) is 10.6 Å². The van der Waals surface area contributed by atoms with Crippen LogP contribution in [-0.4, -0.2) is 24.5 Å². The van der Waals surface area contributed by atoms with Gasteiger partial charge in [0.1, 0.15) is 18.1 Å². The first-order valence-corrected chi connectivity index (χ1v) is 8.43. The van der Waals surface area contributed by atoms with Crippen molar-refractivity contribution < 1.29 is 19.1 Å². The summed E-state index contributed by atoms with van der Waals surface area (Å²) in [6, 6.07) is 10.3. The van der Waals surface area contributed by atoms with Gasteiger partial charge in [-0.1, -0.05) is 11.6 Å². The SMILES string of the molecule is C[C@@H]1Oc2ccc(NC(=O)C3=Cc4cc(Cl)ccc4OC3)cc2NC1=O. The van der Waals surface area contributed by atoms with Crippen LogP contribution < -0.4 is 20.1 Å². The highest BCUT2D eigenvalue weighted by atomic mass is 35.5. The van der Waals surface area contributed by atoms with Crippen molar-refractivity contribution in [3.8, 4) is 11.5 Å². The molecule has 7 heteroatoms. The molecule has 2 heterocycles. The van der Waals surface area contributed by atoms with Gasteiger partial charge in [-0.05, 0) is 49.4 Å². The summed E-state index contributed by atoms with van der Waals surface area (Å²) in [6.45, 7) is 1.84. The first-order valence-electron chi connectivity index (χ1n) is 8.05. The zero-order valence-corrected chi connectivity index (χ0v) is 14.6. The van der Waals surface area contributed by atoms with Gasteiger partial charge < -0.3 is 20.1 Å². The third-order valence-corrected chi connectivity index (χ3v) is 4.38. The molecule has 0 spiro atoms. The van der Waals surface area contributed by atoms with Crippen molar-refractivity contribution in [3.63, 3.8) is 0 Å². The Kier molecular flexibility index (Phi) is 4.05. The first kappa shape index (κ1) is 16.5. The number of benzene rings is 2. The highest BCUT2D eigenvalue weighted by molar-refractivity contribution is 6.30. The number of halogens is 1. The molecule has 2 aliphatic heterocycles. The van der Waals surface area contributed by atoms with Gasteiger partial charge in [0.05, 0.1) is 11.3 Å². The van der Waals surface area contributed by atoms with Crippen molar-refractivity contribution in [2.75, 3.05) is 17.2 Å². The van der Waals surface area contributed by atoms with Gasteiger partial charge in [0.15, 0.2) is 6.10 Å². The molecule has 26 heavy (non-hydrogen) atoms. The normalized spacial score (nSPS) is 17.7. The third kappa shape index (κ3) is 3.11. The summed E-state index contributed by atoms with van der Waals surface area (Å²) in [5, 5.41) is 6.13. The highest BCUT2D eigenvalue weighted by Crippen LogP contribution is 2.33. The van der Waals surface area contributed by atoms with Crippen LogP contribution in [0.3, 0.4) is 0 Å². The summed E-state index contributed by atoms with van der Waals surface area (Å²) in [7, 11) is 0. The van der Waals surface area contributed by atoms with Gasteiger partial charge in [0.25, 0.3) is 11.8 Å². The Hall–Kier alpha value is -2.99. The molecule has 1 atom stereocenters. The van der Waals surface area contributed by atoms with Crippen LogP contribution in [0.2, 0.25) is 5.02 Å². The van der Waals surface area contributed by atoms with Crippen LogP contribution in [0.15, 0.2) is 42.0 Å². The predicted octanol–water partition coefficient (Wildman–Crippen LogP) is 3.47. The van der Waals surface area contributed by atoms with E-state index in [0.29, 0.717) is 33.5 Å². The molecule has 0 fully saturated rings. The molecule has 0 saturated heterocycles. The average molecular weight is 371 g/mol. The second-order valence-corrected chi connectivity index (χ2v) is 6.49. The number of rotatable bonds is 2. The predicted molar refractivity (Wildman–Crippen MR) is 98.7 cm³/mol. The molecule has 132 valence electrons. The minimum absolute atomic E-state index is 0.169. The van der Waals surface area contributed by atoms with Crippen molar-refractivity contribution in [2.24, 2.45) is 0 Å². The Morgan fingerprint density at radius 2 is 2.04 bits per heavy atom. The van der Waals surface area contributed by atoms with Crippen molar-refractivity contribution in [3.05, 3.63) is 52.6 Å². The van der Waals surface area contributed by atoms with E-state index in [1.807, 2.05) is 0 Å². The fraction of sp³-hybridized carbons (Fsp3) is 0.158. The van der Waals surface area contributed by atoms with E-state index in [0.717, 1.165) is 5.56 Å². The van der Waals surface area contributed by atoms with Gasteiger partial charge in [0.2, 0.25) is 0 Å². The molecular formula is C19H15ClN2O4. The van der Waals surface area contributed by atoms with E-state index in [-0.39, 0.29) is 18.4 Å². The van der Waals surface area contributed by atoms with Gasteiger partial charge in [-0.25, -0.2) is 0 Å². The third-order valence-electron chi connectivity index (χ3n) is 4.14. The fourth-order valence-electron chi connectivity index (χ4n) is 2.78. The number of carbonyl (C=O) groups excluding carboxylic acids is 2. The van der Waals surface area contributed by atoms with Crippen LogP contribution in [-0.2, 0) is 9.59 Å². The van der Waals surface area contributed by atoms with Crippen molar-refractivity contribution in [1.29, 1.82) is 0 Å². The summed E-state index contributed by atoms with van der Waals surface area (Å²) >= 11 is 5.99. The molecule has 0 aliphatic carbocycles. The number of amides is 2. The largest absolute Gasteiger partial charge is 0.488 e. The van der Waals surface area contributed by atoms with Gasteiger partial charge in [-0.2, -0.15) is 0 Å². The maximum absolute atomic E-state index is 12.5. The molecule has 6 nitrogen and oxygen atoms in total. The molecule has 0 saturated carbocycles. The number of hydrogen-bond donors (Lipinski definition) is 2. The molecular weight excluding hydrogens is 356 g/mol. The van der Waals surface area contributed by atoms with Crippen molar-refractivity contribution in [1.82, 2.24) is 0 Å². The molecule has 2 N–H and O–H groups in total. The van der Waals surface area contributed by atoms with Crippen LogP contribution in [0.4, 0.5) is 11.4 Å². The molecule has 2 amide bonds. The first-order chi connectivity index (χ1) is 12.5. The highest BCUT2D eigenvalue weighted by Gasteiger charge is 2.24. The summed E-state index contributed by atoms with van der Waals surface area (Å²) < 4.78 is 11.1. The smallest absolute Gasteiger partial charge is 0.265 e. The monoisotopic (exact) mass is 370 g/mol. The number of nitrogens with one attached hydrogen (secondary N) is 2. The second kappa shape index (κ2) is 6.38. The van der Waals surface area contributed by atoms with Gasteiger partial charge in [-0.3, -0.25) is 9.59 Å². The molecule has 0 bridgehead atoms. The quantitative estimate of drug-likeness (QED) is 0.848. The minimum Gasteiger partial charge on any atom is -0.488 e. The standard InChI is InChI=1S/C19H15ClN2O4/c1-10-18(23)22-15-8-14(3-5-17(15)26-10)21-19(24)12-6-11-7-13(20)2-4-16(11)25-9-12/h2-8,10H,9H2,1H3,(H,21,24)(H,22,23)/t10-/m0/s1. The zero-order valence-electron chi connectivity index (χ0n) is 13.8. The molecule has 0 radical (unpaired) electrons. The fourth-order valence-corrected chi connectivity index (χ4v) is 2.96. The topological polar surface area (TPSA) is 76.7 Å². The van der Waals surface area contributed by atoms with E-state index < -0.39 is 6.10 Å². The molecule has 2 aliphatic rings. The molecule has 0 unspecified atom stereocenters. The summed E-state index contributed by atoms with van der Waals surface area (Å²) in [6.07, 6.45) is 1.21. The van der Waals surface area contributed by atoms with Gasteiger partial charge >= 0.3 is 0 Å². The summed E-state index contributed by atoms with van der Waals surface area (Å²) in [4.78, 5) is 24.3. The number of carbonyl (C=O) groups is 2. The Balaban J connectivity index is 1.54. The molecule has 2 aromatic rings. The van der Waals surface area contributed by atoms with Crippen LogP contribution in [0.1, 0.15) is 12.5 Å². The minimum atomic E-state index is -0.542. The molecule has 2 aromatic carbocycles. The Morgan fingerprint density at radius 3 is 2.88 bits per heavy atom. The maximum atomic E-state index is 12.5. The summed E-state index contributed by atoms with van der Waals surface area (Å²) in [5.41, 5.74) is 2.31. The van der Waals surface area contributed by atoms with E-state index >= 15 is 0 Å². The van der Waals surface area contributed by atoms with Crippen LogP contribution in [0.5, 0.6) is 11.5 Å². The van der Waals surface area contributed by atoms with Crippen LogP contribution in [0.25, 0.3) is 6.08 Å². The Labute approximate surface area is 154 Å². The lowest BCUT2D eigenvalue weighted by Crippen LogP contribution is -2.34. The van der Waals surface area contributed by atoms with E-state index in [9.17, 15) is 9.59 Å². The molecule has 4 rings (SSSR count). The number of anilines is 2. The number of fused-ring (bicyclic) bond motifs is 2. The average Bonchev–Trinajstić information content (AvgIpc) is 2.62. The van der Waals surface area contributed by atoms with E-state index in [1.165, 1.54) is 0 Å². The maximum Gasteiger partial charge on any atom is 0.265 e. The molecule has 0 aromatic heterocycles. The van der Waals surface area contributed by atoms with Gasteiger partial charge in [0, 0.05) is 16.3 Å². The lowest BCUT2D eigenvalue weighted by atomic mass is 10.1. The second-order valence-electron chi connectivity index (χ2n) is 6.05. The van der Waals surface area contributed by atoms with Crippen molar-refractivity contribution >= 4 is 40.9 Å². The van der Waals surface area contributed by atoms with E-state index in [1.54, 1.807) is 49.4 Å². The van der Waals surface area contributed by atoms with Crippen molar-refractivity contribution in [2.45, 2.75) is 13.0 Å². The zero-order chi connectivity index (χ0) is 18.3. The Bertz CT molecular complexity index is 955. The number of ether oxygens (including phenoxy) is 2. The van der Waals surface area contributed by atoms with E-state index in [4.69, 9.17) is 21.1 Å². The van der Waals surface area contributed by atoms with Crippen LogP contribution in [0, 0.1) is 0 Å². The summed E-state index contributed by atoms with van der Waals surface area (Å²) in [5.74, 6) is 0.748. The lowest BCUT2D eigenvalue weighted by molar-refractivity contribution is -0.122.